The van der Waals surface area contributed by atoms with E-state index in [1.165, 1.54) is 0 Å². The summed E-state index contributed by atoms with van der Waals surface area (Å²) >= 11 is 0. The fraction of sp³-hybridized carbons (Fsp3) is 0.792. The molecule has 0 aromatic carbocycles. The Hall–Kier alpha value is -2.89. The summed E-state index contributed by atoms with van der Waals surface area (Å²) in [6, 6.07) is -1.44. The van der Waals surface area contributed by atoms with Gasteiger partial charge < -0.3 is 30.9 Å². The fourth-order valence-corrected chi connectivity index (χ4v) is 3.00. The van der Waals surface area contributed by atoms with Crippen molar-refractivity contribution in [2.75, 3.05) is 19.6 Å². The number of hydrogen-bond acceptors (Lipinski definition) is 8. The van der Waals surface area contributed by atoms with Crippen LogP contribution in [0.1, 0.15) is 86.5 Å². The average Bonchev–Trinajstić information content (AvgIpc) is 2.71. The Morgan fingerprint density at radius 3 is 2.00 bits per heavy atom. The molecule has 0 fully saturated rings. The predicted molar refractivity (Wildman–Crippen MR) is 133 cm³/mol. The zero-order chi connectivity index (χ0) is 27.9. The molecule has 4 amide bonds. The van der Waals surface area contributed by atoms with E-state index in [0.717, 1.165) is 0 Å². The van der Waals surface area contributed by atoms with E-state index in [4.69, 9.17) is 15.2 Å². The van der Waals surface area contributed by atoms with Gasteiger partial charge in [0.15, 0.2) is 0 Å². The molecule has 0 rings (SSSR count). The fourth-order valence-electron chi connectivity index (χ4n) is 3.00. The quantitative estimate of drug-likeness (QED) is 0.253. The first kappa shape index (κ1) is 33.1. The first-order chi connectivity index (χ1) is 16.6. The van der Waals surface area contributed by atoms with Crippen LogP contribution in [-0.2, 0) is 23.9 Å². The molecule has 0 aromatic rings. The van der Waals surface area contributed by atoms with Crippen LogP contribution in [0.2, 0.25) is 0 Å². The summed E-state index contributed by atoms with van der Waals surface area (Å²) < 4.78 is 10.4. The molecule has 36 heavy (non-hydrogen) atoms. The standard InChI is InChI=1S/C24H44N4O8/c1-23(2,3)35-21(33)26-15-11-7-8-13-18(29)27-16-19(30)28(22(34)36-24(4,5)6)17(20(31)32)12-9-10-14-25/h17H,7-16,25H2,1-6H3,(H,26,33)(H,27,29)(H,31,32)/t17-/m0/s1. The Kier molecular flexibility index (Phi) is 14.7. The van der Waals surface area contributed by atoms with Crippen molar-refractivity contribution >= 4 is 30.0 Å². The summed E-state index contributed by atoms with van der Waals surface area (Å²) in [6.45, 7) is 10.3. The molecule has 0 bridgehead atoms. The molecule has 0 spiro atoms. The van der Waals surface area contributed by atoms with Crippen LogP contribution >= 0.6 is 0 Å². The molecule has 0 aromatic heterocycles. The Balaban J connectivity index is 4.76. The average molecular weight is 517 g/mol. The molecule has 1 atom stereocenters. The highest BCUT2D eigenvalue weighted by molar-refractivity contribution is 5.98. The Labute approximate surface area is 213 Å². The number of nitrogens with two attached hydrogens (primary N) is 1. The molecular formula is C24H44N4O8. The maximum Gasteiger partial charge on any atom is 0.417 e. The van der Waals surface area contributed by atoms with Crippen LogP contribution in [0.25, 0.3) is 0 Å². The van der Waals surface area contributed by atoms with Crippen LogP contribution in [0.5, 0.6) is 0 Å². The van der Waals surface area contributed by atoms with Gasteiger partial charge in [0.2, 0.25) is 5.91 Å². The van der Waals surface area contributed by atoms with E-state index in [1.54, 1.807) is 41.5 Å². The second-order valence-electron chi connectivity index (χ2n) is 10.4. The Morgan fingerprint density at radius 2 is 1.47 bits per heavy atom. The zero-order valence-electron chi connectivity index (χ0n) is 22.5. The summed E-state index contributed by atoms with van der Waals surface area (Å²) in [4.78, 5) is 61.6. The highest BCUT2D eigenvalue weighted by Gasteiger charge is 2.37. The summed E-state index contributed by atoms with van der Waals surface area (Å²) in [6.07, 6.45) is 1.30. The lowest BCUT2D eigenvalue weighted by Gasteiger charge is -2.30. The van der Waals surface area contributed by atoms with Crippen LogP contribution in [0.4, 0.5) is 9.59 Å². The van der Waals surface area contributed by atoms with Gasteiger partial charge in [0.1, 0.15) is 17.2 Å². The van der Waals surface area contributed by atoms with Gasteiger partial charge in [0.25, 0.3) is 5.91 Å². The van der Waals surface area contributed by atoms with Gasteiger partial charge >= 0.3 is 18.2 Å². The minimum absolute atomic E-state index is 0.0167. The third kappa shape index (κ3) is 15.9. The maximum absolute atomic E-state index is 12.8. The summed E-state index contributed by atoms with van der Waals surface area (Å²) in [5.41, 5.74) is 3.94. The molecule has 12 nitrogen and oxygen atoms in total. The van der Waals surface area contributed by atoms with E-state index >= 15 is 0 Å². The highest BCUT2D eigenvalue weighted by atomic mass is 16.6. The molecule has 12 heteroatoms. The van der Waals surface area contributed by atoms with E-state index < -0.39 is 53.8 Å². The molecule has 0 saturated heterocycles. The summed E-state index contributed by atoms with van der Waals surface area (Å²) in [7, 11) is 0. The Morgan fingerprint density at radius 1 is 0.861 bits per heavy atom. The van der Waals surface area contributed by atoms with Gasteiger partial charge in [-0.25, -0.2) is 19.3 Å². The number of carbonyl (C=O) groups excluding carboxylic acids is 4. The smallest absolute Gasteiger partial charge is 0.417 e. The number of ether oxygens (including phenoxy) is 2. The second-order valence-corrected chi connectivity index (χ2v) is 10.4. The van der Waals surface area contributed by atoms with Crippen LogP contribution in [-0.4, -0.2) is 76.9 Å². The van der Waals surface area contributed by atoms with Crippen molar-refractivity contribution in [1.82, 2.24) is 15.5 Å². The lowest BCUT2D eigenvalue weighted by Crippen LogP contribution is -2.53. The number of nitrogens with one attached hydrogen (secondary N) is 2. The van der Waals surface area contributed by atoms with Crippen LogP contribution in [0.3, 0.4) is 0 Å². The predicted octanol–water partition coefficient (Wildman–Crippen LogP) is 2.53. The molecule has 5 N–H and O–H groups in total. The molecule has 0 aliphatic rings. The van der Waals surface area contributed by atoms with Gasteiger partial charge in [0, 0.05) is 13.0 Å². The van der Waals surface area contributed by atoms with E-state index in [1.807, 2.05) is 0 Å². The van der Waals surface area contributed by atoms with Crippen molar-refractivity contribution in [2.24, 2.45) is 5.73 Å². The molecule has 208 valence electrons. The molecule has 0 radical (unpaired) electrons. The number of amides is 4. The Bertz CT molecular complexity index is 743. The first-order valence-electron chi connectivity index (χ1n) is 12.3. The van der Waals surface area contributed by atoms with Crippen molar-refractivity contribution in [3.63, 3.8) is 0 Å². The minimum Gasteiger partial charge on any atom is -0.480 e. The molecule has 0 aliphatic heterocycles. The zero-order valence-corrected chi connectivity index (χ0v) is 22.5. The number of alkyl carbamates (subject to hydrolysis) is 1. The number of hydrogen-bond donors (Lipinski definition) is 4. The van der Waals surface area contributed by atoms with E-state index in [9.17, 15) is 29.1 Å². The number of aliphatic carboxylic acids is 1. The number of unbranched alkanes of at least 4 members (excludes halogenated alkanes) is 3. The van der Waals surface area contributed by atoms with Crippen LogP contribution < -0.4 is 16.4 Å². The van der Waals surface area contributed by atoms with E-state index in [2.05, 4.69) is 10.6 Å². The van der Waals surface area contributed by atoms with Gasteiger partial charge in [-0.2, -0.15) is 0 Å². The molecule has 0 aliphatic carbocycles. The third-order valence-electron chi connectivity index (χ3n) is 4.57. The van der Waals surface area contributed by atoms with Crippen molar-refractivity contribution in [3.8, 4) is 0 Å². The largest absolute Gasteiger partial charge is 0.480 e. The van der Waals surface area contributed by atoms with E-state index in [0.29, 0.717) is 50.1 Å². The van der Waals surface area contributed by atoms with Crippen molar-refractivity contribution in [1.29, 1.82) is 0 Å². The van der Waals surface area contributed by atoms with Crippen molar-refractivity contribution in [2.45, 2.75) is 104 Å². The number of carbonyl (C=O) groups is 5. The highest BCUT2D eigenvalue weighted by Crippen LogP contribution is 2.16. The number of rotatable bonds is 14. The second kappa shape index (κ2) is 16.0. The summed E-state index contributed by atoms with van der Waals surface area (Å²) in [5, 5.41) is 14.7. The maximum atomic E-state index is 12.8. The van der Waals surface area contributed by atoms with Gasteiger partial charge in [-0.3, -0.25) is 9.59 Å². The third-order valence-corrected chi connectivity index (χ3v) is 4.57. The normalized spacial score (nSPS) is 12.3. The lowest BCUT2D eigenvalue weighted by atomic mass is 10.1. The first-order valence-corrected chi connectivity index (χ1v) is 12.3. The van der Waals surface area contributed by atoms with Gasteiger partial charge in [0.05, 0.1) is 6.54 Å². The molecule has 0 saturated carbocycles. The van der Waals surface area contributed by atoms with Crippen LogP contribution in [0, 0.1) is 0 Å². The molecular weight excluding hydrogens is 472 g/mol. The number of nitrogens with zero attached hydrogens (tertiary/aromatic N) is 1. The van der Waals surface area contributed by atoms with Crippen molar-refractivity contribution in [3.05, 3.63) is 0 Å². The number of carboxylic acid groups (broad SMARTS) is 1. The molecule has 0 heterocycles. The van der Waals surface area contributed by atoms with Gasteiger partial charge in [-0.15, -0.1) is 0 Å². The lowest BCUT2D eigenvalue weighted by molar-refractivity contribution is -0.149. The van der Waals surface area contributed by atoms with Crippen LogP contribution in [0.15, 0.2) is 0 Å². The summed E-state index contributed by atoms with van der Waals surface area (Å²) in [5.74, 6) is -2.64. The number of imide groups is 1. The topological polar surface area (TPSA) is 177 Å². The van der Waals surface area contributed by atoms with Gasteiger partial charge in [-0.1, -0.05) is 6.42 Å². The molecule has 0 unspecified atom stereocenters. The van der Waals surface area contributed by atoms with Gasteiger partial charge in [-0.05, 0) is 80.2 Å². The minimum atomic E-state index is -1.44. The van der Waals surface area contributed by atoms with Crippen molar-refractivity contribution < 1.29 is 38.6 Å². The van der Waals surface area contributed by atoms with E-state index in [-0.39, 0.29) is 12.8 Å². The number of carboxylic acids is 1. The SMILES string of the molecule is CC(C)(C)OC(=O)NCCCCCC(=O)NCC(=O)N(C(=O)OC(C)(C)C)[C@@H](CCCCN)C(=O)O. The monoisotopic (exact) mass is 516 g/mol.